The number of aromatic nitrogens is 1. The minimum absolute atomic E-state index is 0. The van der Waals surface area contributed by atoms with Gasteiger partial charge in [-0.2, -0.15) is 0 Å². The van der Waals surface area contributed by atoms with Crippen molar-refractivity contribution in [3.05, 3.63) is 10.6 Å². The van der Waals surface area contributed by atoms with Gasteiger partial charge in [0.25, 0.3) is 0 Å². The summed E-state index contributed by atoms with van der Waals surface area (Å²) in [5, 5.41) is 6.86. The first-order chi connectivity index (χ1) is 8.11. The van der Waals surface area contributed by atoms with Crippen molar-refractivity contribution in [1.82, 2.24) is 10.3 Å². The number of nitrogens with zero attached hydrogens (tertiary/aromatic N) is 1. The molecule has 102 valence electrons. The molecule has 1 aromatic rings. The van der Waals surface area contributed by atoms with E-state index in [1.807, 2.05) is 13.8 Å². The highest BCUT2D eigenvalue weighted by molar-refractivity contribution is 7.15. The van der Waals surface area contributed by atoms with Crippen LogP contribution in [0, 0.1) is 18.8 Å². The van der Waals surface area contributed by atoms with E-state index in [0.717, 1.165) is 30.3 Å². The Balaban J connectivity index is 0.00000162. The molecule has 0 spiro atoms. The fourth-order valence-corrected chi connectivity index (χ4v) is 2.81. The average Bonchev–Trinajstić information content (AvgIpc) is 2.56. The summed E-state index contributed by atoms with van der Waals surface area (Å²) < 4.78 is 0. The van der Waals surface area contributed by atoms with Crippen LogP contribution in [0.2, 0.25) is 0 Å². The van der Waals surface area contributed by atoms with E-state index in [-0.39, 0.29) is 24.2 Å². The highest BCUT2D eigenvalue weighted by Crippen LogP contribution is 2.24. The summed E-state index contributed by atoms with van der Waals surface area (Å²) in [6.45, 7) is 8.02. The third kappa shape index (κ3) is 3.22. The lowest BCUT2D eigenvalue weighted by atomic mass is 9.88. The first-order valence-electron chi connectivity index (χ1n) is 6.09. The van der Waals surface area contributed by atoms with Crippen molar-refractivity contribution in [1.29, 1.82) is 0 Å². The molecule has 18 heavy (non-hydrogen) atoms. The van der Waals surface area contributed by atoms with Crippen LogP contribution in [0.25, 0.3) is 0 Å². The summed E-state index contributed by atoms with van der Waals surface area (Å²) >= 11 is 1.56. The molecular weight excluding hydrogens is 270 g/mol. The molecule has 2 heterocycles. The van der Waals surface area contributed by atoms with Gasteiger partial charge < -0.3 is 10.6 Å². The lowest BCUT2D eigenvalue weighted by molar-refractivity contribution is -0.121. The van der Waals surface area contributed by atoms with Crippen LogP contribution in [0.1, 0.15) is 24.4 Å². The molecule has 6 heteroatoms. The van der Waals surface area contributed by atoms with Crippen molar-refractivity contribution in [3.8, 4) is 0 Å². The van der Waals surface area contributed by atoms with E-state index in [1.165, 1.54) is 4.88 Å². The molecule has 2 N–H and O–H groups in total. The number of anilines is 1. The van der Waals surface area contributed by atoms with Crippen molar-refractivity contribution < 1.29 is 4.79 Å². The van der Waals surface area contributed by atoms with Crippen molar-refractivity contribution in [2.45, 2.75) is 27.2 Å². The van der Waals surface area contributed by atoms with Crippen LogP contribution in [0.3, 0.4) is 0 Å². The summed E-state index contributed by atoms with van der Waals surface area (Å²) in [6.07, 6.45) is 0.917. The summed E-state index contributed by atoms with van der Waals surface area (Å²) in [4.78, 5) is 17.6. The van der Waals surface area contributed by atoms with E-state index in [0.29, 0.717) is 5.92 Å². The molecule has 0 aromatic carbocycles. The van der Waals surface area contributed by atoms with Crippen LogP contribution < -0.4 is 10.6 Å². The number of aryl methyl sites for hydroxylation is 2. The summed E-state index contributed by atoms with van der Waals surface area (Å²) in [6, 6.07) is 0. The van der Waals surface area contributed by atoms with E-state index < -0.39 is 0 Å². The van der Waals surface area contributed by atoms with Gasteiger partial charge in [0.1, 0.15) is 0 Å². The lowest BCUT2D eigenvalue weighted by Gasteiger charge is -2.31. The van der Waals surface area contributed by atoms with Crippen LogP contribution in [0.15, 0.2) is 0 Å². The quantitative estimate of drug-likeness (QED) is 0.894. The predicted molar refractivity (Wildman–Crippen MR) is 77.6 cm³/mol. The Morgan fingerprint density at radius 1 is 1.61 bits per heavy atom. The van der Waals surface area contributed by atoms with E-state index in [2.05, 4.69) is 22.5 Å². The second-order valence-corrected chi connectivity index (χ2v) is 5.77. The molecule has 1 atom stereocenters. The number of thiazole rings is 1. The van der Waals surface area contributed by atoms with Gasteiger partial charge in [-0.05, 0) is 32.4 Å². The Bertz CT molecular complexity index is 417. The van der Waals surface area contributed by atoms with E-state index in [4.69, 9.17) is 0 Å². The molecule has 0 saturated carbocycles. The average molecular weight is 290 g/mol. The Kier molecular flexibility index (Phi) is 5.56. The monoisotopic (exact) mass is 289 g/mol. The molecule has 1 fully saturated rings. The number of amides is 1. The Hall–Kier alpha value is -0.650. The van der Waals surface area contributed by atoms with Gasteiger partial charge in [-0.15, -0.1) is 23.7 Å². The van der Waals surface area contributed by atoms with Gasteiger partial charge in [0, 0.05) is 10.8 Å². The largest absolute Gasteiger partial charge is 0.316 e. The molecule has 0 bridgehead atoms. The van der Waals surface area contributed by atoms with E-state index in [1.54, 1.807) is 11.3 Å². The SMILES string of the molecule is CCc1nc(NC(=O)C(C)C2CNC2)sc1C.Cl. The molecule has 4 nitrogen and oxygen atoms in total. The zero-order valence-electron chi connectivity index (χ0n) is 10.9. The van der Waals surface area contributed by atoms with Crippen LogP contribution >= 0.6 is 23.7 Å². The maximum atomic E-state index is 12.0. The first-order valence-corrected chi connectivity index (χ1v) is 6.91. The number of nitrogens with one attached hydrogen (secondary N) is 2. The number of hydrogen-bond acceptors (Lipinski definition) is 4. The van der Waals surface area contributed by atoms with Gasteiger partial charge in [0.05, 0.1) is 5.69 Å². The standard InChI is InChI=1S/C12H19N3OS.ClH/c1-4-10-8(3)17-12(14-10)15-11(16)7(2)9-5-13-6-9;/h7,9,13H,4-6H2,1-3H3,(H,14,15,16);1H. The summed E-state index contributed by atoms with van der Waals surface area (Å²) in [5.74, 6) is 0.625. The molecule has 1 aliphatic rings. The fraction of sp³-hybridized carbons (Fsp3) is 0.667. The van der Waals surface area contributed by atoms with Gasteiger partial charge in [-0.3, -0.25) is 4.79 Å². The molecule has 1 saturated heterocycles. The number of carbonyl (C=O) groups is 1. The Morgan fingerprint density at radius 3 is 2.72 bits per heavy atom. The van der Waals surface area contributed by atoms with Gasteiger partial charge in [-0.25, -0.2) is 4.98 Å². The molecule has 0 radical (unpaired) electrons. The van der Waals surface area contributed by atoms with Gasteiger partial charge in [-0.1, -0.05) is 13.8 Å². The molecular formula is C12H20ClN3OS. The van der Waals surface area contributed by atoms with Crippen LogP contribution in [0.5, 0.6) is 0 Å². The Labute approximate surface area is 118 Å². The fourth-order valence-electron chi connectivity index (χ4n) is 1.91. The van der Waals surface area contributed by atoms with Gasteiger partial charge in [0.15, 0.2) is 5.13 Å². The smallest absolute Gasteiger partial charge is 0.229 e. The molecule has 1 unspecified atom stereocenters. The zero-order valence-corrected chi connectivity index (χ0v) is 12.6. The van der Waals surface area contributed by atoms with Gasteiger partial charge >= 0.3 is 0 Å². The normalized spacial score (nSPS) is 16.6. The minimum Gasteiger partial charge on any atom is -0.316 e. The molecule has 1 aromatic heterocycles. The molecule has 0 aliphatic carbocycles. The maximum absolute atomic E-state index is 12.0. The first kappa shape index (κ1) is 15.4. The van der Waals surface area contributed by atoms with Crippen LogP contribution in [-0.2, 0) is 11.2 Å². The topological polar surface area (TPSA) is 54.0 Å². The molecule has 1 aliphatic heterocycles. The van der Waals surface area contributed by atoms with E-state index in [9.17, 15) is 4.79 Å². The van der Waals surface area contributed by atoms with Gasteiger partial charge in [0.2, 0.25) is 5.91 Å². The minimum atomic E-state index is 0. The van der Waals surface area contributed by atoms with Crippen molar-refractivity contribution >= 4 is 34.8 Å². The highest BCUT2D eigenvalue weighted by Gasteiger charge is 2.29. The van der Waals surface area contributed by atoms with Crippen molar-refractivity contribution in [3.63, 3.8) is 0 Å². The van der Waals surface area contributed by atoms with Crippen LogP contribution in [-0.4, -0.2) is 24.0 Å². The molecule has 1 amide bonds. The summed E-state index contributed by atoms with van der Waals surface area (Å²) in [7, 11) is 0. The Morgan fingerprint density at radius 2 is 2.28 bits per heavy atom. The van der Waals surface area contributed by atoms with Crippen molar-refractivity contribution in [2.24, 2.45) is 11.8 Å². The zero-order chi connectivity index (χ0) is 12.4. The predicted octanol–water partition coefficient (Wildman–Crippen LogP) is 2.23. The second-order valence-electron chi connectivity index (χ2n) is 4.57. The second kappa shape index (κ2) is 6.50. The lowest BCUT2D eigenvalue weighted by Crippen LogP contribution is -2.48. The summed E-state index contributed by atoms with van der Waals surface area (Å²) in [5.41, 5.74) is 1.09. The third-order valence-corrected chi connectivity index (χ3v) is 4.32. The highest BCUT2D eigenvalue weighted by atomic mass is 35.5. The van der Waals surface area contributed by atoms with Crippen LogP contribution in [0.4, 0.5) is 5.13 Å². The number of hydrogen-bond donors (Lipinski definition) is 2. The van der Waals surface area contributed by atoms with E-state index >= 15 is 0 Å². The number of rotatable bonds is 4. The van der Waals surface area contributed by atoms with Crippen molar-refractivity contribution in [2.75, 3.05) is 18.4 Å². The molecule has 2 rings (SSSR count). The maximum Gasteiger partial charge on any atom is 0.229 e. The number of halogens is 1. The third-order valence-electron chi connectivity index (χ3n) is 3.39. The number of carbonyl (C=O) groups excluding carboxylic acids is 1.